The second-order valence-corrected chi connectivity index (χ2v) is 6.81. The van der Waals surface area contributed by atoms with Crippen LogP contribution in [0.4, 0.5) is 5.13 Å². The SMILES string of the molecule is O=C(Nc1nc(-c2ccccn2)cs1)c1cc(Cl)c2c(c1)OCCCO2. The van der Waals surface area contributed by atoms with Crippen LogP contribution in [0.2, 0.25) is 5.02 Å². The lowest BCUT2D eigenvalue weighted by Crippen LogP contribution is -2.12. The molecule has 0 aliphatic carbocycles. The zero-order valence-corrected chi connectivity index (χ0v) is 15.1. The van der Waals surface area contributed by atoms with Gasteiger partial charge in [-0.1, -0.05) is 17.7 Å². The molecule has 26 heavy (non-hydrogen) atoms. The van der Waals surface area contributed by atoms with Crippen LogP contribution in [-0.2, 0) is 0 Å². The molecule has 3 aromatic rings. The number of halogens is 1. The Hall–Kier alpha value is -2.64. The number of ether oxygens (including phenoxy) is 2. The van der Waals surface area contributed by atoms with E-state index >= 15 is 0 Å². The molecule has 0 fully saturated rings. The van der Waals surface area contributed by atoms with Gasteiger partial charge in [-0.15, -0.1) is 11.3 Å². The van der Waals surface area contributed by atoms with Crippen LogP contribution in [0.25, 0.3) is 11.4 Å². The van der Waals surface area contributed by atoms with Crippen molar-refractivity contribution >= 4 is 34.0 Å². The van der Waals surface area contributed by atoms with Crippen molar-refractivity contribution < 1.29 is 14.3 Å². The molecule has 1 aliphatic rings. The number of carbonyl (C=O) groups is 1. The first-order valence-electron chi connectivity index (χ1n) is 7.98. The second kappa shape index (κ2) is 7.31. The fourth-order valence-electron chi connectivity index (χ4n) is 2.49. The van der Waals surface area contributed by atoms with Gasteiger partial charge < -0.3 is 9.47 Å². The first kappa shape index (κ1) is 16.8. The lowest BCUT2D eigenvalue weighted by Gasteiger charge is -2.11. The molecule has 4 rings (SSSR count). The fraction of sp³-hybridized carbons (Fsp3) is 0.167. The van der Waals surface area contributed by atoms with Crippen LogP contribution in [0, 0.1) is 0 Å². The normalized spacial score (nSPS) is 13.1. The van der Waals surface area contributed by atoms with Gasteiger partial charge in [0.05, 0.1) is 23.9 Å². The Morgan fingerprint density at radius 1 is 1.19 bits per heavy atom. The number of hydrogen-bond donors (Lipinski definition) is 1. The highest BCUT2D eigenvalue weighted by Gasteiger charge is 2.19. The first-order valence-corrected chi connectivity index (χ1v) is 9.24. The molecule has 0 atom stereocenters. The summed E-state index contributed by atoms with van der Waals surface area (Å²) in [5, 5.41) is 5.46. The summed E-state index contributed by atoms with van der Waals surface area (Å²) in [5.41, 5.74) is 1.85. The van der Waals surface area contributed by atoms with Gasteiger partial charge in [0.15, 0.2) is 16.6 Å². The molecule has 6 nitrogen and oxygen atoms in total. The van der Waals surface area contributed by atoms with E-state index in [1.54, 1.807) is 18.3 Å². The number of amides is 1. The molecule has 0 saturated heterocycles. The predicted molar refractivity (Wildman–Crippen MR) is 100 cm³/mol. The van der Waals surface area contributed by atoms with Crippen molar-refractivity contribution in [3.8, 4) is 22.9 Å². The highest BCUT2D eigenvalue weighted by molar-refractivity contribution is 7.14. The summed E-state index contributed by atoms with van der Waals surface area (Å²) in [6.07, 6.45) is 2.47. The Labute approximate surface area is 158 Å². The van der Waals surface area contributed by atoms with Crippen LogP contribution < -0.4 is 14.8 Å². The number of anilines is 1. The van der Waals surface area contributed by atoms with Crippen LogP contribution >= 0.6 is 22.9 Å². The van der Waals surface area contributed by atoms with Crippen molar-refractivity contribution in [1.29, 1.82) is 0 Å². The third kappa shape index (κ3) is 3.49. The molecule has 0 saturated carbocycles. The summed E-state index contributed by atoms with van der Waals surface area (Å²) in [7, 11) is 0. The van der Waals surface area contributed by atoms with E-state index in [0.29, 0.717) is 46.1 Å². The van der Waals surface area contributed by atoms with Crippen LogP contribution in [0.3, 0.4) is 0 Å². The Morgan fingerprint density at radius 2 is 2.08 bits per heavy atom. The van der Waals surface area contributed by atoms with Crippen molar-refractivity contribution in [3.63, 3.8) is 0 Å². The van der Waals surface area contributed by atoms with Gasteiger partial charge in [-0.2, -0.15) is 0 Å². The number of nitrogens with zero attached hydrogens (tertiary/aromatic N) is 2. The summed E-state index contributed by atoms with van der Waals surface area (Å²) in [6.45, 7) is 1.06. The number of rotatable bonds is 3. The van der Waals surface area contributed by atoms with Crippen LogP contribution in [-0.4, -0.2) is 29.1 Å². The molecule has 0 bridgehead atoms. The molecule has 1 amide bonds. The van der Waals surface area contributed by atoms with Gasteiger partial charge in [0, 0.05) is 23.6 Å². The van der Waals surface area contributed by atoms with Gasteiger partial charge in [0.1, 0.15) is 5.69 Å². The molecule has 2 aromatic heterocycles. The molecular weight excluding hydrogens is 374 g/mol. The molecule has 0 radical (unpaired) electrons. The number of hydrogen-bond acceptors (Lipinski definition) is 6. The maximum Gasteiger partial charge on any atom is 0.257 e. The fourth-order valence-corrected chi connectivity index (χ4v) is 3.46. The summed E-state index contributed by atoms with van der Waals surface area (Å²) in [4.78, 5) is 21.2. The summed E-state index contributed by atoms with van der Waals surface area (Å²) in [6, 6.07) is 8.79. The Kier molecular flexibility index (Phi) is 4.73. The number of nitrogens with one attached hydrogen (secondary N) is 1. The van der Waals surface area contributed by atoms with Crippen LogP contribution in [0.5, 0.6) is 11.5 Å². The molecule has 1 aromatic carbocycles. The molecule has 0 unspecified atom stereocenters. The number of benzene rings is 1. The van der Waals surface area contributed by atoms with Gasteiger partial charge in [0.25, 0.3) is 5.91 Å². The summed E-state index contributed by atoms with van der Waals surface area (Å²) < 4.78 is 11.2. The van der Waals surface area contributed by atoms with Gasteiger partial charge in [-0.3, -0.25) is 15.1 Å². The number of carbonyl (C=O) groups excluding carboxylic acids is 1. The highest BCUT2D eigenvalue weighted by atomic mass is 35.5. The van der Waals surface area contributed by atoms with Crippen molar-refractivity contribution in [2.75, 3.05) is 18.5 Å². The zero-order chi connectivity index (χ0) is 17.9. The topological polar surface area (TPSA) is 73.3 Å². The van der Waals surface area contributed by atoms with Crippen molar-refractivity contribution in [1.82, 2.24) is 9.97 Å². The minimum absolute atomic E-state index is 0.315. The molecule has 1 N–H and O–H groups in total. The monoisotopic (exact) mass is 387 g/mol. The smallest absolute Gasteiger partial charge is 0.257 e. The lowest BCUT2D eigenvalue weighted by molar-refractivity contribution is 0.102. The molecule has 0 spiro atoms. The zero-order valence-electron chi connectivity index (χ0n) is 13.6. The number of thiazole rings is 1. The average Bonchev–Trinajstić information content (AvgIpc) is 2.98. The van der Waals surface area contributed by atoms with E-state index < -0.39 is 0 Å². The number of fused-ring (bicyclic) bond motifs is 1. The minimum Gasteiger partial charge on any atom is -0.489 e. The highest BCUT2D eigenvalue weighted by Crippen LogP contribution is 2.38. The predicted octanol–water partition coefficient (Wildman–Crippen LogP) is 4.27. The molecule has 8 heteroatoms. The van der Waals surface area contributed by atoms with Crippen molar-refractivity contribution in [2.45, 2.75) is 6.42 Å². The van der Waals surface area contributed by atoms with Crippen molar-refractivity contribution in [2.24, 2.45) is 0 Å². The standard InChI is InChI=1S/C18H14ClN3O3S/c19-12-8-11(9-15-16(12)25-7-3-6-24-15)17(23)22-18-21-14(10-26-18)13-4-1-2-5-20-13/h1-2,4-5,8-10H,3,6-7H2,(H,21,22,23). The summed E-state index contributed by atoms with van der Waals surface area (Å²) >= 11 is 7.58. The Balaban J connectivity index is 1.55. The van der Waals surface area contributed by atoms with Gasteiger partial charge in [-0.25, -0.2) is 4.98 Å². The third-order valence-electron chi connectivity index (χ3n) is 3.72. The molecule has 3 heterocycles. The van der Waals surface area contributed by atoms with E-state index in [1.807, 2.05) is 23.6 Å². The molecule has 132 valence electrons. The lowest BCUT2D eigenvalue weighted by atomic mass is 10.2. The Morgan fingerprint density at radius 3 is 2.92 bits per heavy atom. The van der Waals surface area contributed by atoms with Gasteiger partial charge >= 0.3 is 0 Å². The second-order valence-electron chi connectivity index (χ2n) is 5.54. The average molecular weight is 388 g/mol. The Bertz CT molecular complexity index is 946. The maximum absolute atomic E-state index is 12.6. The van der Waals surface area contributed by atoms with Gasteiger partial charge in [0.2, 0.25) is 0 Å². The van der Waals surface area contributed by atoms with Crippen LogP contribution in [0.15, 0.2) is 41.9 Å². The van der Waals surface area contributed by atoms with E-state index in [0.717, 1.165) is 12.1 Å². The first-order chi connectivity index (χ1) is 12.7. The number of aromatic nitrogens is 2. The number of pyridine rings is 1. The van der Waals surface area contributed by atoms with E-state index in [9.17, 15) is 4.79 Å². The summed E-state index contributed by atoms with van der Waals surface area (Å²) in [5.74, 6) is 0.644. The van der Waals surface area contributed by atoms with E-state index in [4.69, 9.17) is 21.1 Å². The van der Waals surface area contributed by atoms with E-state index in [2.05, 4.69) is 15.3 Å². The van der Waals surface area contributed by atoms with Crippen LogP contribution in [0.1, 0.15) is 16.8 Å². The quantitative estimate of drug-likeness (QED) is 0.726. The maximum atomic E-state index is 12.6. The van der Waals surface area contributed by atoms with E-state index in [1.165, 1.54) is 11.3 Å². The van der Waals surface area contributed by atoms with E-state index in [-0.39, 0.29) is 5.91 Å². The molecule has 1 aliphatic heterocycles. The minimum atomic E-state index is -0.315. The largest absolute Gasteiger partial charge is 0.489 e. The van der Waals surface area contributed by atoms with Gasteiger partial charge in [-0.05, 0) is 24.3 Å². The van der Waals surface area contributed by atoms with Crippen molar-refractivity contribution in [3.05, 3.63) is 52.5 Å². The third-order valence-corrected chi connectivity index (χ3v) is 4.75. The molecular formula is C18H14ClN3O3S.